The molecule has 11 nitrogen and oxygen atoms in total. The second-order valence-corrected chi connectivity index (χ2v) is 11.8. The van der Waals surface area contributed by atoms with Crippen molar-refractivity contribution in [3.63, 3.8) is 0 Å². The van der Waals surface area contributed by atoms with E-state index in [9.17, 15) is 29.4 Å². The third kappa shape index (κ3) is 7.79. The van der Waals surface area contributed by atoms with Gasteiger partial charge >= 0.3 is 6.09 Å². The van der Waals surface area contributed by atoms with Crippen molar-refractivity contribution in [2.75, 3.05) is 18.3 Å². The lowest BCUT2D eigenvalue weighted by Crippen LogP contribution is -2.60. The first-order chi connectivity index (χ1) is 19.7. The van der Waals surface area contributed by atoms with Crippen LogP contribution >= 0.6 is 0 Å². The Morgan fingerprint density at radius 2 is 1.74 bits per heavy atom. The number of nitrogens with zero attached hydrogens (tertiary/aromatic N) is 3. The third-order valence-electron chi connectivity index (χ3n) is 6.87. The van der Waals surface area contributed by atoms with Crippen molar-refractivity contribution in [2.45, 2.75) is 78.5 Å². The lowest BCUT2D eigenvalue weighted by molar-refractivity contribution is -0.145. The molecule has 0 radical (unpaired) electrons. The predicted octanol–water partition coefficient (Wildman–Crippen LogP) is 3.97. The molecule has 1 heterocycles. The summed E-state index contributed by atoms with van der Waals surface area (Å²) in [5.74, 6) is -1.95. The van der Waals surface area contributed by atoms with E-state index in [1.165, 1.54) is 17.0 Å². The maximum absolute atomic E-state index is 14.3. The second kappa shape index (κ2) is 13.7. The summed E-state index contributed by atoms with van der Waals surface area (Å²) in [5.41, 5.74) is 0.0907. The fraction of sp³-hybridized carbons (Fsp3) is 0.484. The number of phenolic OH excluding ortho intramolecular Hbond substituents is 1. The standard InChI is InChI=1S/C31H42N4O7/c1-20(2)18-24(32-27(38)23-14-10-16-26(37)21(23)3)28(39)35(22-12-8-7-9-13-22)34(19-36)29(40)25-15-11-17-33(25)30(41)42-31(4,5)6/h7-10,12-14,16,20,24-25,36-37H,11,15,17-19H2,1-6H3,(H,32,38)/t24-,25-/m0/s1. The zero-order valence-electron chi connectivity index (χ0n) is 25.2. The molecule has 3 N–H and O–H groups in total. The highest BCUT2D eigenvalue weighted by atomic mass is 16.6. The Kier molecular flexibility index (Phi) is 10.6. The maximum Gasteiger partial charge on any atom is 0.410 e. The van der Waals surface area contributed by atoms with Crippen LogP contribution in [-0.4, -0.2) is 74.9 Å². The number of nitrogens with one attached hydrogen (secondary N) is 1. The van der Waals surface area contributed by atoms with Crippen molar-refractivity contribution in [3.05, 3.63) is 59.7 Å². The van der Waals surface area contributed by atoms with Gasteiger partial charge in [-0.1, -0.05) is 38.1 Å². The number of hydrogen-bond donors (Lipinski definition) is 3. The normalized spacial score (nSPS) is 15.7. The lowest BCUT2D eigenvalue weighted by Gasteiger charge is -2.38. The van der Waals surface area contributed by atoms with Crippen LogP contribution in [0.25, 0.3) is 0 Å². The van der Waals surface area contributed by atoms with Gasteiger partial charge in [-0.3, -0.25) is 19.3 Å². The number of rotatable bonds is 8. The molecular weight excluding hydrogens is 540 g/mol. The minimum atomic E-state index is -1.09. The first kappa shape index (κ1) is 32.4. The van der Waals surface area contributed by atoms with Crippen LogP contribution in [0.15, 0.2) is 48.5 Å². The molecule has 0 aromatic heterocycles. The van der Waals surface area contributed by atoms with Crippen LogP contribution in [0.2, 0.25) is 0 Å². The van der Waals surface area contributed by atoms with E-state index in [1.54, 1.807) is 64.1 Å². The number of para-hydroxylation sites is 1. The molecule has 2 atom stereocenters. The molecule has 3 rings (SSSR count). The Morgan fingerprint density at radius 3 is 2.33 bits per heavy atom. The van der Waals surface area contributed by atoms with Crippen molar-refractivity contribution in [3.8, 4) is 5.75 Å². The molecule has 2 aromatic carbocycles. The molecule has 1 fully saturated rings. The molecule has 0 aliphatic carbocycles. The lowest BCUT2D eigenvalue weighted by atomic mass is 10.0. The smallest absolute Gasteiger partial charge is 0.410 e. The number of aromatic hydroxyl groups is 1. The summed E-state index contributed by atoms with van der Waals surface area (Å²) in [6.45, 7) is 10.0. The number of ether oxygens (including phenoxy) is 1. The number of benzene rings is 2. The number of hydrogen-bond acceptors (Lipinski definition) is 7. The SMILES string of the molecule is Cc1c(O)cccc1C(=O)N[C@@H](CC(C)C)C(=O)N(c1ccccc1)N(CO)C(=O)[C@@H]1CCCN1C(=O)OC(C)(C)C. The first-order valence-corrected chi connectivity index (χ1v) is 14.1. The number of aliphatic hydroxyl groups excluding tert-OH is 1. The van der Waals surface area contributed by atoms with Gasteiger partial charge in [0, 0.05) is 17.7 Å². The summed E-state index contributed by atoms with van der Waals surface area (Å²) in [4.78, 5) is 55.8. The summed E-state index contributed by atoms with van der Waals surface area (Å²) in [6.07, 6.45) is 0.449. The fourth-order valence-corrected chi connectivity index (χ4v) is 4.87. The number of aliphatic hydroxyl groups is 1. The summed E-state index contributed by atoms with van der Waals surface area (Å²) < 4.78 is 5.50. The van der Waals surface area contributed by atoms with E-state index in [0.717, 1.165) is 10.0 Å². The van der Waals surface area contributed by atoms with E-state index in [-0.39, 0.29) is 23.7 Å². The molecule has 42 heavy (non-hydrogen) atoms. The Balaban J connectivity index is 1.99. The van der Waals surface area contributed by atoms with Gasteiger partial charge in [-0.25, -0.2) is 14.8 Å². The molecule has 0 bridgehead atoms. The number of likely N-dealkylation sites (tertiary alicyclic amines) is 1. The molecule has 1 aliphatic rings. The second-order valence-electron chi connectivity index (χ2n) is 11.8. The van der Waals surface area contributed by atoms with Crippen molar-refractivity contribution in [1.82, 2.24) is 15.2 Å². The van der Waals surface area contributed by atoms with Crippen molar-refractivity contribution >= 4 is 29.5 Å². The Morgan fingerprint density at radius 1 is 1.07 bits per heavy atom. The van der Waals surface area contributed by atoms with Gasteiger partial charge in [0.1, 0.15) is 30.2 Å². The van der Waals surface area contributed by atoms with Gasteiger partial charge < -0.3 is 20.3 Å². The van der Waals surface area contributed by atoms with E-state index in [0.29, 0.717) is 30.6 Å². The van der Waals surface area contributed by atoms with Gasteiger partial charge in [0.2, 0.25) is 0 Å². The van der Waals surface area contributed by atoms with E-state index < -0.39 is 48.2 Å². The highest BCUT2D eigenvalue weighted by Crippen LogP contribution is 2.26. The summed E-state index contributed by atoms with van der Waals surface area (Å²) >= 11 is 0. The van der Waals surface area contributed by atoms with Crippen LogP contribution in [0.4, 0.5) is 10.5 Å². The number of phenols is 1. The Hall–Kier alpha value is -4.12. The van der Waals surface area contributed by atoms with E-state index in [2.05, 4.69) is 5.32 Å². The zero-order chi connectivity index (χ0) is 31.2. The molecule has 2 aromatic rings. The van der Waals surface area contributed by atoms with E-state index in [1.807, 2.05) is 13.8 Å². The van der Waals surface area contributed by atoms with E-state index in [4.69, 9.17) is 4.74 Å². The number of anilines is 1. The Labute approximate surface area is 247 Å². The van der Waals surface area contributed by atoms with Crippen LogP contribution in [0.3, 0.4) is 0 Å². The molecule has 1 saturated heterocycles. The zero-order valence-corrected chi connectivity index (χ0v) is 25.2. The van der Waals surface area contributed by atoms with Crippen LogP contribution in [0.5, 0.6) is 5.75 Å². The molecule has 0 unspecified atom stereocenters. The highest BCUT2D eigenvalue weighted by molar-refractivity contribution is 6.04. The molecule has 1 aliphatic heterocycles. The first-order valence-electron chi connectivity index (χ1n) is 14.1. The van der Waals surface area contributed by atoms with Gasteiger partial charge in [0.05, 0.1) is 5.69 Å². The summed E-state index contributed by atoms with van der Waals surface area (Å²) in [5, 5.41) is 25.4. The minimum absolute atomic E-state index is 0.0297. The monoisotopic (exact) mass is 582 g/mol. The van der Waals surface area contributed by atoms with Crippen LogP contribution in [0.1, 0.15) is 69.8 Å². The molecule has 0 saturated carbocycles. The number of hydrazine groups is 1. The molecule has 228 valence electrons. The van der Waals surface area contributed by atoms with Crippen molar-refractivity contribution < 1.29 is 34.1 Å². The van der Waals surface area contributed by atoms with Crippen molar-refractivity contribution in [1.29, 1.82) is 0 Å². The van der Waals surface area contributed by atoms with Gasteiger partial charge in [-0.05, 0) is 77.1 Å². The van der Waals surface area contributed by atoms with Gasteiger partial charge in [-0.2, -0.15) is 0 Å². The maximum atomic E-state index is 14.3. The highest BCUT2D eigenvalue weighted by Gasteiger charge is 2.42. The summed E-state index contributed by atoms with van der Waals surface area (Å²) in [7, 11) is 0. The Bertz CT molecular complexity index is 1280. The average molecular weight is 583 g/mol. The van der Waals surface area contributed by atoms with Crippen LogP contribution in [-0.2, 0) is 14.3 Å². The largest absolute Gasteiger partial charge is 0.508 e. The van der Waals surface area contributed by atoms with Gasteiger partial charge in [0.15, 0.2) is 0 Å². The summed E-state index contributed by atoms with van der Waals surface area (Å²) in [6, 6.07) is 10.8. The van der Waals surface area contributed by atoms with E-state index >= 15 is 0 Å². The van der Waals surface area contributed by atoms with Gasteiger partial charge in [-0.15, -0.1) is 0 Å². The molecular formula is C31H42N4O7. The molecule has 4 amide bonds. The third-order valence-corrected chi connectivity index (χ3v) is 6.87. The number of amides is 4. The van der Waals surface area contributed by atoms with Crippen molar-refractivity contribution in [2.24, 2.45) is 5.92 Å². The predicted molar refractivity (Wildman–Crippen MR) is 157 cm³/mol. The minimum Gasteiger partial charge on any atom is -0.508 e. The van der Waals surface area contributed by atoms with Crippen LogP contribution < -0.4 is 10.3 Å². The quantitative estimate of drug-likeness (QED) is 0.316. The topological polar surface area (TPSA) is 140 Å². The number of carbonyl (C=O) groups excluding carboxylic acids is 4. The molecule has 0 spiro atoms. The molecule has 11 heteroatoms. The van der Waals surface area contributed by atoms with Gasteiger partial charge in [0.25, 0.3) is 17.7 Å². The fourth-order valence-electron chi connectivity index (χ4n) is 4.87. The number of carbonyl (C=O) groups is 4. The van der Waals surface area contributed by atoms with Crippen LogP contribution in [0, 0.1) is 12.8 Å². The average Bonchev–Trinajstić information content (AvgIpc) is 3.42.